The summed E-state index contributed by atoms with van der Waals surface area (Å²) in [6, 6.07) is 59.6. The number of hydrogen-bond acceptors (Lipinski definition) is 3. The zero-order valence-electron chi connectivity index (χ0n) is 43.3. The molecule has 3 aliphatic rings. The van der Waals surface area contributed by atoms with E-state index in [2.05, 4.69) is 239 Å². The van der Waals surface area contributed by atoms with E-state index in [9.17, 15) is 0 Å². The van der Waals surface area contributed by atoms with E-state index in [0.717, 1.165) is 44.7 Å². The minimum atomic E-state index is -0.302. The molecule has 3 aliphatic carbocycles. The molecule has 0 aliphatic heterocycles. The van der Waals surface area contributed by atoms with Gasteiger partial charge in [-0.25, -0.2) is 0 Å². The Morgan fingerprint density at radius 1 is 0.417 bits per heavy atom. The van der Waals surface area contributed by atoms with Crippen LogP contribution in [0.15, 0.2) is 167 Å². The van der Waals surface area contributed by atoms with Crippen molar-refractivity contribution < 1.29 is 8.83 Å². The monoisotopic (exact) mass is 933 g/mol. The van der Waals surface area contributed by atoms with Gasteiger partial charge in [0.2, 0.25) is 0 Å². The molecule has 11 aromatic rings. The third-order valence-corrected chi connectivity index (χ3v) is 17.4. The first-order valence-corrected chi connectivity index (χ1v) is 25.8. The van der Waals surface area contributed by atoms with Gasteiger partial charge in [0.1, 0.15) is 22.3 Å². The van der Waals surface area contributed by atoms with Gasteiger partial charge < -0.3 is 13.7 Å². The van der Waals surface area contributed by atoms with Gasteiger partial charge in [-0.2, -0.15) is 0 Å². The van der Waals surface area contributed by atoms with Crippen molar-refractivity contribution in [2.45, 2.75) is 97.8 Å². The zero-order chi connectivity index (χ0) is 49.5. The van der Waals surface area contributed by atoms with Crippen LogP contribution in [0.5, 0.6) is 0 Å². The molecule has 3 nitrogen and oxygen atoms in total. The van der Waals surface area contributed by atoms with Gasteiger partial charge in [-0.05, 0) is 169 Å². The highest BCUT2D eigenvalue weighted by Gasteiger charge is 2.44. The average Bonchev–Trinajstić information content (AvgIpc) is 4.10. The van der Waals surface area contributed by atoms with E-state index in [4.69, 9.17) is 8.83 Å². The topological polar surface area (TPSA) is 29.5 Å². The van der Waals surface area contributed by atoms with Gasteiger partial charge in [-0.3, -0.25) is 0 Å². The first kappa shape index (κ1) is 43.2. The highest BCUT2D eigenvalue weighted by Crippen LogP contribution is 2.60. The Morgan fingerprint density at radius 3 is 1.67 bits per heavy atom. The summed E-state index contributed by atoms with van der Waals surface area (Å²) in [5, 5.41) is 4.76. The molecule has 0 spiro atoms. The SMILES string of the molecule is Cc1ccc(N(c2ccc3c(c2)C(C)(C)c2cc4c(cc2-3)C(C)(C)c2ccc3oc5ccccc5c3c2-4)c2ccc3c(c2)C(C)(C)c2cc(-c4ccc(C(C)(C)C)cc4)c4oc5ccccc5c4c2-3)c(C)c1. The minimum Gasteiger partial charge on any atom is -0.456 e. The lowest BCUT2D eigenvalue weighted by molar-refractivity contribution is 0.590. The number of para-hydroxylation sites is 2. The Hall–Kier alpha value is -7.62. The van der Waals surface area contributed by atoms with Crippen LogP contribution in [0.25, 0.3) is 88.4 Å². The lowest BCUT2D eigenvalue weighted by Gasteiger charge is -2.31. The summed E-state index contributed by atoms with van der Waals surface area (Å²) in [5.41, 5.74) is 28.7. The maximum atomic E-state index is 6.89. The lowest BCUT2D eigenvalue weighted by atomic mass is 9.79. The lowest BCUT2D eigenvalue weighted by Crippen LogP contribution is -2.18. The van der Waals surface area contributed by atoms with Crippen LogP contribution in [0, 0.1) is 13.8 Å². The van der Waals surface area contributed by atoms with Crippen LogP contribution in [0.3, 0.4) is 0 Å². The molecule has 2 aromatic heterocycles. The third-order valence-electron chi connectivity index (χ3n) is 17.4. The van der Waals surface area contributed by atoms with Gasteiger partial charge in [0.05, 0.1) is 0 Å². The number of hydrogen-bond donors (Lipinski definition) is 0. The molecular formula is C69H59NO2. The molecule has 0 atom stereocenters. The summed E-state index contributed by atoms with van der Waals surface area (Å²) in [4.78, 5) is 2.51. The number of nitrogens with zero attached hydrogens (tertiary/aromatic N) is 1. The molecule has 0 fully saturated rings. The van der Waals surface area contributed by atoms with Crippen LogP contribution in [-0.2, 0) is 21.7 Å². The van der Waals surface area contributed by atoms with Gasteiger partial charge in [0.25, 0.3) is 0 Å². The molecule has 3 heteroatoms. The van der Waals surface area contributed by atoms with Crippen molar-refractivity contribution in [2.24, 2.45) is 0 Å². The van der Waals surface area contributed by atoms with Crippen LogP contribution in [0.2, 0.25) is 0 Å². The molecule has 0 unspecified atom stereocenters. The first-order valence-electron chi connectivity index (χ1n) is 25.8. The summed E-state index contributed by atoms with van der Waals surface area (Å²) < 4.78 is 13.4. The van der Waals surface area contributed by atoms with Crippen LogP contribution in [0.1, 0.15) is 112 Å². The molecule has 352 valence electrons. The molecule has 0 radical (unpaired) electrons. The maximum absolute atomic E-state index is 6.89. The fourth-order valence-electron chi connectivity index (χ4n) is 13.5. The van der Waals surface area contributed by atoms with Crippen LogP contribution in [0.4, 0.5) is 17.1 Å². The van der Waals surface area contributed by atoms with Crippen molar-refractivity contribution >= 4 is 60.9 Å². The average molecular weight is 934 g/mol. The third kappa shape index (κ3) is 5.74. The highest BCUT2D eigenvalue weighted by atomic mass is 16.3. The fraction of sp³-hybridized carbons (Fsp3) is 0.217. The molecule has 0 saturated heterocycles. The normalized spacial score (nSPS) is 15.5. The largest absolute Gasteiger partial charge is 0.456 e. The molecule has 72 heavy (non-hydrogen) atoms. The highest BCUT2D eigenvalue weighted by molar-refractivity contribution is 6.19. The van der Waals surface area contributed by atoms with Gasteiger partial charge in [-0.1, -0.05) is 159 Å². The van der Waals surface area contributed by atoms with Crippen LogP contribution >= 0.6 is 0 Å². The standard InChI is InChI=1S/C69H59NO2/c1-38-20-30-57(39(2)32-38)70(42-25-27-44-49-36-55-50(37-54(49)68(8,9)52(44)33-42)62-51(67(55,6)7)29-31-60-63(62)46-16-12-14-18-58(46)71-60)43-26-28-45-53(34-43)69(10,11)56-35-48(40-21-23-41(24-22-40)66(3,4)5)65-64(61(45)56)47-17-13-15-19-59(47)72-65/h12-37H,1-11H3. The van der Waals surface area contributed by atoms with Gasteiger partial charge in [0, 0.05) is 60.4 Å². The zero-order valence-corrected chi connectivity index (χ0v) is 43.3. The van der Waals surface area contributed by atoms with Crippen molar-refractivity contribution in [3.63, 3.8) is 0 Å². The van der Waals surface area contributed by atoms with E-state index in [-0.39, 0.29) is 21.7 Å². The van der Waals surface area contributed by atoms with Crippen LogP contribution < -0.4 is 4.90 Å². The smallest absolute Gasteiger partial charge is 0.143 e. The molecule has 0 bridgehead atoms. The minimum absolute atomic E-state index is 0.0640. The van der Waals surface area contributed by atoms with Gasteiger partial charge in [-0.15, -0.1) is 0 Å². The second-order valence-electron chi connectivity index (χ2n) is 23.8. The molecule has 0 N–H and O–H groups in total. The van der Waals surface area contributed by atoms with Gasteiger partial charge >= 0.3 is 0 Å². The Bertz CT molecular complexity index is 4180. The van der Waals surface area contributed by atoms with Gasteiger partial charge in [0.15, 0.2) is 0 Å². The number of benzene rings is 9. The summed E-state index contributed by atoms with van der Waals surface area (Å²) in [7, 11) is 0. The van der Waals surface area contributed by atoms with Crippen molar-refractivity contribution in [2.75, 3.05) is 4.90 Å². The predicted octanol–water partition coefficient (Wildman–Crippen LogP) is 19.5. The van der Waals surface area contributed by atoms with E-state index in [1.165, 1.54) is 111 Å². The van der Waals surface area contributed by atoms with Crippen molar-refractivity contribution in [1.29, 1.82) is 0 Å². The summed E-state index contributed by atoms with van der Waals surface area (Å²) in [5.74, 6) is 0. The molecule has 0 amide bonds. The van der Waals surface area contributed by atoms with E-state index in [1.807, 2.05) is 0 Å². The molecule has 0 saturated carbocycles. The number of aryl methyl sites for hydroxylation is 2. The Balaban J connectivity index is 0.927. The first-order chi connectivity index (χ1) is 34.4. The molecular weight excluding hydrogens is 875 g/mol. The van der Waals surface area contributed by atoms with Crippen molar-refractivity contribution in [1.82, 2.24) is 0 Å². The second kappa shape index (κ2) is 14.3. The van der Waals surface area contributed by atoms with E-state index < -0.39 is 0 Å². The molecule has 9 aromatic carbocycles. The Labute approximate surface area is 422 Å². The van der Waals surface area contributed by atoms with E-state index in [0.29, 0.717) is 0 Å². The second-order valence-corrected chi connectivity index (χ2v) is 23.8. The predicted molar refractivity (Wildman–Crippen MR) is 302 cm³/mol. The van der Waals surface area contributed by atoms with Crippen molar-refractivity contribution in [3.05, 3.63) is 208 Å². The molecule has 2 heterocycles. The molecule has 14 rings (SSSR count). The fourth-order valence-corrected chi connectivity index (χ4v) is 13.5. The number of rotatable bonds is 4. The summed E-state index contributed by atoms with van der Waals surface area (Å²) >= 11 is 0. The Kier molecular flexibility index (Phi) is 8.57. The van der Waals surface area contributed by atoms with Crippen LogP contribution in [-0.4, -0.2) is 0 Å². The maximum Gasteiger partial charge on any atom is 0.143 e. The van der Waals surface area contributed by atoms with E-state index >= 15 is 0 Å². The number of anilines is 3. The number of furan rings is 2. The Morgan fingerprint density at radius 2 is 0.972 bits per heavy atom. The quantitative estimate of drug-likeness (QED) is 0.176. The number of fused-ring (bicyclic) bond motifs is 17. The van der Waals surface area contributed by atoms with E-state index in [1.54, 1.807) is 0 Å². The van der Waals surface area contributed by atoms with Crippen molar-refractivity contribution in [3.8, 4) is 44.5 Å². The summed E-state index contributed by atoms with van der Waals surface area (Å²) in [6.07, 6.45) is 0. The summed E-state index contributed by atoms with van der Waals surface area (Å²) in [6.45, 7) is 25.7.